The van der Waals surface area contributed by atoms with Gasteiger partial charge in [-0.2, -0.15) is 0 Å². The summed E-state index contributed by atoms with van der Waals surface area (Å²) in [6, 6.07) is 8.21. The molecule has 1 aromatic rings. The third-order valence-electron chi connectivity index (χ3n) is 3.47. The van der Waals surface area contributed by atoms with E-state index in [4.69, 9.17) is 10.3 Å². The highest BCUT2D eigenvalue weighted by Crippen LogP contribution is 2.35. The summed E-state index contributed by atoms with van der Waals surface area (Å²) in [6.45, 7) is 0. The Morgan fingerprint density at radius 2 is 1.94 bits per heavy atom. The van der Waals surface area contributed by atoms with Gasteiger partial charge in [0.1, 0.15) is 5.75 Å². The Morgan fingerprint density at radius 1 is 1.24 bits per heavy atom. The predicted octanol–water partition coefficient (Wildman–Crippen LogP) is 4.03. The number of ether oxygens (including phenoxy) is 1. The lowest BCUT2D eigenvalue weighted by Gasteiger charge is -2.28. The molecule has 0 N–H and O–H groups in total. The molecule has 17 heavy (non-hydrogen) atoms. The summed E-state index contributed by atoms with van der Waals surface area (Å²) in [6.07, 6.45) is 4.49. The van der Waals surface area contributed by atoms with Crippen molar-refractivity contribution in [2.24, 2.45) is 5.11 Å². The van der Waals surface area contributed by atoms with Crippen molar-refractivity contribution in [2.75, 3.05) is 7.11 Å². The van der Waals surface area contributed by atoms with E-state index in [1.54, 1.807) is 7.11 Å². The normalized spacial score (nSPS) is 23.8. The zero-order valence-electron chi connectivity index (χ0n) is 10.0. The van der Waals surface area contributed by atoms with Crippen molar-refractivity contribution in [3.05, 3.63) is 40.3 Å². The summed E-state index contributed by atoms with van der Waals surface area (Å²) in [4.78, 5) is 2.97. The molecular weight excluding hydrogens is 214 g/mol. The lowest BCUT2D eigenvalue weighted by Crippen LogP contribution is -2.20. The number of nitrogens with zero attached hydrogens (tertiary/aromatic N) is 3. The standard InChI is InChI=1S/C13H17N3O/c1-17-11-8-6-10(7-9-11)12-4-2-3-5-13(12)15-16-14/h6-9,12-13H,2-5H2,1H3/t12-,13+/m1/s1. The Morgan fingerprint density at radius 3 is 2.59 bits per heavy atom. The molecule has 90 valence electrons. The molecule has 0 spiro atoms. The van der Waals surface area contributed by atoms with Gasteiger partial charge in [0.2, 0.25) is 0 Å². The highest BCUT2D eigenvalue weighted by atomic mass is 16.5. The van der Waals surface area contributed by atoms with Crippen molar-refractivity contribution in [3.8, 4) is 5.75 Å². The molecule has 1 fully saturated rings. The molecule has 0 bridgehead atoms. The lowest BCUT2D eigenvalue weighted by molar-refractivity contribution is 0.383. The number of methoxy groups -OCH3 is 1. The average molecular weight is 231 g/mol. The van der Waals surface area contributed by atoms with Crippen LogP contribution >= 0.6 is 0 Å². The smallest absolute Gasteiger partial charge is 0.118 e. The van der Waals surface area contributed by atoms with Crippen LogP contribution in [0.2, 0.25) is 0 Å². The van der Waals surface area contributed by atoms with Crippen LogP contribution in [0.3, 0.4) is 0 Å². The quantitative estimate of drug-likeness (QED) is 0.440. The van der Waals surface area contributed by atoms with E-state index in [1.165, 1.54) is 12.0 Å². The zero-order chi connectivity index (χ0) is 12.1. The Balaban J connectivity index is 2.19. The van der Waals surface area contributed by atoms with E-state index in [9.17, 15) is 0 Å². The van der Waals surface area contributed by atoms with E-state index in [2.05, 4.69) is 22.2 Å². The van der Waals surface area contributed by atoms with Crippen molar-refractivity contribution in [2.45, 2.75) is 37.6 Å². The second-order valence-electron chi connectivity index (χ2n) is 4.44. The minimum atomic E-state index is 0.113. The second-order valence-corrected chi connectivity index (χ2v) is 4.44. The topological polar surface area (TPSA) is 58.0 Å². The first-order valence-corrected chi connectivity index (χ1v) is 6.03. The number of hydrogen-bond donors (Lipinski definition) is 0. The first kappa shape index (κ1) is 11.8. The Bertz CT molecular complexity index is 409. The number of azide groups is 1. The molecule has 0 radical (unpaired) electrons. The molecule has 0 amide bonds. The highest BCUT2D eigenvalue weighted by molar-refractivity contribution is 5.30. The van der Waals surface area contributed by atoms with Gasteiger partial charge in [-0.05, 0) is 42.0 Å². The van der Waals surface area contributed by atoms with E-state index >= 15 is 0 Å². The molecule has 0 aliphatic heterocycles. The van der Waals surface area contributed by atoms with Crippen LogP contribution in [0.25, 0.3) is 10.4 Å². The van der Waals surface area contributed by atoms with Crippen molar-refractivity contribution >= 4 is 0 Å². The molecule has 1 aromatic carbocycles. The SMILES string of the molecule is COc1ccc([C@H]2CCCC[C@@H]2N=[N+]=[N-])cc1. The van der Waals surface area contributed by atoms with Crippen LogP contribution < -0.4 is 4.74 Å². The molecule has 2 atom stereocenters. The van der Waals surface area contributed by atoms with Crippen LogP contribution in [0.15, 0.2) is 29.4 Å². The lowest BCUT2D eigenvalue weighted by atomic mass is 9.80. The molecule has 1 saturated carbocycles. The Labute approximate surface area is 101 Å². The first-order chi connectivity index (χ1) is 8.35. The molecule has 0 heterocycles. The van der Waals surface area contributed by atoms with E-state index < -0.39 is 0 Å². The van der Waals surface area contributed by atoms with Gasteiger partial charge in [0.25, 0.3) is 0 Å². The van der Waals surface area contributed by atoms with Crippen molar-refractivity contribution in [3.63, 3.8) is 0 Å². The minimum Gasteiger partial charge on any atom is -0.497 e. The Hall–Kier alpha value is -1.67. The zero-order valence-corrected chi connectivity index (χ0v) is 10.0. The van der Waals surface area contributed by atoms with E-state index in [0.29, 0.717) is 5.92 Å². The summed E-state index contributed by atoms with van der Waals surface area (Å²) in [7, 11) is 1.67. The van der Waals surface area contributed by atoms with Crippen LogP contribution in [-0.4, -0.2) is 13.2 Å². The number of rotatable bonds is 3. The summed E-state index contributed by atoms with van der Waals surface area (Å²) in [5.41, 5.74) is 9.86. The molecule has 4 heteroatoms. The number of hydrogen-bond acceptors (Lipinski definition) is 2. The van der Waals surface area contributed by atoms with Crippen molar-refractivity contribution < 1.29 is 4.74 Å². The van der Waals surface area contributed by atoms with Gasteiger partial charge in [-0.25, -0.2) is 0 Å². The van der Waals surface area contributed by atoms with Crippen LogP contribution in [0.4, 0.5) is 0 Å². The van der Waals surface area contributed by atoms with Crippen molar-refractivity contribution in [1.82, 2.24) is 0 Å². The van der Waals surface area contributed by atoms with Gasteiger partial charge in [0, 0.05) is 11.0 Å². The fourth-order valence-corrected chi connectivity index (χ4v) is 2.56. The van der Waals surface area contributed by atoms with Crippen molar-refractivity contribution in [1.29, 1.82) is 0 Å². The number of benzene rings is 1. The first-order valence-electron chi connectivity index (χ1n) is 6.03. The summed E-state index contributed by atoms with van der Waals surface area (Å²) >= 11 is 0. The van der Waals surface area contributed by atoms with Crippen LogP contribution in [0.5, 0.6) is 5.75 Å². The maximum atomic E-state index is 8.60. The van der Waals surface area contributed by atoms with E-state index in [1.807, 2.05) is 12.1 Å². The molecular formula is C13H17N3O. The monoisotopic (exact) mass is 231 g/mol. The maximum absolute atomic E-state index is 8.60. The fraction of sp³-hybridized carbons (Fsp3) is 0.538. The van der Waals surface area contributed by atoms with E-state index in [-0.39, 0.29) is 6.04 Å². The van der Waals surface area contributed by atoms with Gasteiger partial charge in [-0.15, -0.1) is 0 Å². The van der Waals surface area contributed by atoms with Gasteiger partial charge in [-0.1, -0.05) is 30.1 Å². The largest absolute Gasteiger partial charge is 0.497 e. The van der Waals surface area contributed by atoms with Crippen LogP contribution in [-0.2, 0) is 0 Å². The molecule has 0 aromatic heterocycles. The van der Waals surface area contributed by atoms with Gasteiger partial charge in [0.05, 0.1) is 7.11 Å². The molecule has 2 rings (SSSR count). The minimum absolute atomic E-state index is 0.113. The molecule has 1 aliphatic carbocycles. The average Bonchev–Trinajstić information content (AvgIpc) is 2.40. The molecule has 0 saturated heterocycles. The van der Waals surface area contributed by atoms with Gasteiger partial charge in [0.15, 0.2) is 0 Å². The molecule has 0 unspecified atom stereocenters. The second kappa shape index (κ2) is 5.60. The van der Waals surface area contributed by atoms with Gasteiger partial charge < -0.3 is 4.74 Å². The van der Waals surface area contributed by atoms with Crippen LogP contribution in [0.1, 0.15) is 37.2 Å². The third kappa shape index (κ3) is 2.71. The fourth-order valence-electron chi connectivity index (χ4n) is 2.56. The third-order valence-corrected chi connectivity index (χ3v) is 3.47. The predicted molar refractivity (Wildman–Crippen MR) is 67.1 cm³/mol. The summed E-state index contributed by atoms with van der Waals surface area (Å²) < 4.78 is 5.15. The van der Waals surface area contributed by atoms with E-state index in [0.717, 1.165) is 25.0 Å². The highest BCUT2D eigenvalue weighted by Gasteiger charge is 2.25. The van der Waals surface area contributed by atoms with Gasteiger partial charge in [-0.3, -0.25) is 0 Å². The molecule has 4 nitrogen and oxygen atoms in total. The maximum Gasteiger partial charge on any atom is 0.118 e. The summed E-state index contributed by atoms with van der Waals surface area (Å²) in [5.74, 6) is 1.23. The Kier molecular flexibility index (Phi) is 3.89. The molecule has 1 aliphatic rings. The van der Waals surface area contributed by atoms with Crippen LogP contribution in [0, 0.1) is 0 Å². The summed E-state index contributed by atoms with van der Waals surface area (Å²) in [5, 5.41) is 3.93. The van der Waals surface area contributed by atoms with Gasteiger partial charge >= 0.3 is 0 Å².